The Morgan fingerprint density at radius 2 is 2.10 bits per heavy atom. The van der Waals surface area contributed by atoms with E-state index in [4.69, 9.17) is 0 Å². The van der Waals surface area contributed by atoms with Crippen molar-refractivity contribution in [2.75, 3.05) is 0 Å². The molecule has 0 aliphatic heterocycles. The maximum absolute atomic E-state index is 11.3. The lowest BCUT2D eigenvalue weighted by molar-refractivity contribution is 0.0699. The van der Waals surface area contributed by atoms with Gasteiger partial charge in [-0.05, 0) is 43.7 Å². The number of hydrogen-bond donors (Lipinski definition) is 1. The van der Waals surface area contributed by atoms with Crippen LogP contribution in [0, 0.1) is 12.3 Å². The average Bonchev–Trinajstić information content (AvgIpc) is 3.05. The van der Waals surface area contributed by atoms with Crippen LogP contribution in [-0.4, -0.2) is 20.6 Å². The van der Waals surface area contributed by atoms with E-state index in [1.165, 1.54) is 32.1 Å². The van der Waals surface area contributed by atoms with Gasteiger partial charge in [-0.15, -0.1) is 0 Å². The number of hydrogen-bond acceptors (Lipinski definition) is 2. The van der Waals surface area contributed by atoms with Crippen LogP contribution in [-0.2, 0) is 6.54 Å². The molecule has 1 heterocycles. The number of carboxylic acid groups (broad SMARTS) is 1. The van der Waals surface area contributed by atoms with Crippen molar-refractivity contribution in [3.8, 4) is 0 Å². The van der Waals surface area contributed by atoms with Gasteiger partial charge in [-0.3, -0.25) is 0 Å². The quantitative estimate of drug-likeness (QED) is 0.923. The maximum Gasteiger partial charge on any atom is 0.337 e. The molecule has 0 unspecified atom stereocenters. The number of imidazole rings is 1. The van der Waals surface area contributed by atoms with E-state index in [9.17, 15) is 9.90 Å². The largest absolute Gasteiger partial charge is 0.478 e. The summed E-state index contributed by atoms with van der Waals surface area (Å²) < 4.78 is 2.22. The number of rotatable bonds is 4. The lowest BCUT2D eigenvalue weighted by Crippen LogP contribution is -2.23. The molecule has 1 N–H and O–H groups in total. The van der Waals surface area contributed by atoms with Gasteiger partial charge in [0.2, 0.25) is 0 Å². The smallest absolute Gasteiger partial charge is 0.337 e. The van der Waals surface area contributed by atoms with Crippen LogP contribution in [0.15, 0.2) is 18.2 Å². The van der Waals surface area contributed by atoms with Gasteiger partial charge >= 0.3 is 5.97 Å². The van der Waals surface area contributed by atoms with Crippen LogP contribution in [0.5, 0.6) is 0 Å². The third-order valence-corrected chi connectivity index (χ3v) is 5.11. The minimum Gasteiger partial charge on any atom is -0.478 e. The van der Waals surface area contributed by atoms with Crippen LogP contribution in [0.3, 0.4) is 0 Å². The van der Waals surface area contributed by atoms with E-state index in [0.29, 0.717) is 16.5 Å². The molecule has 0 saturated heterocycles. The molecular weight excluding hydrogens is 264 g/mol. The van der Waals surface area contributed by atoms with Crippen LogP contribution >= 0.6 is 0 Å². The van der Waals surface area contributed by atoms with Gasteiger partial charge in [-0.1, -0.05) is 25.8 Å². The SMILES string of the molecule is CCC1(Cn2c(C)nc3c(C(=O)O)cccc32)CCCC1. The summed E-state index contributed by atoms with van der Waals surface area (Å²) in [6.07, 6.45) is 6.31. The average molecular weight is 286 g/mol. The van der Waals surface area contributed by atoms with E-state index in [0.717, 1.165) is 17.9 Å². The Kier molecular flexibility index (Phi) is 3.47. The molecule has 4 nitrogen and oxygen atoms in total. The van der Waals surface area contributed by atoms with Gasteiger partial charge in [0.25, 0.3) is 0 Å². The van der Waals surface area contributed by atoms with Gasteiger partial charge < -0.3 is 9.67 Å². The highest BCUT2D eigenvalue weighted by Gasteiger charge is 2.33. The second kappa shape index (κ2) is 5.17. The van der Waals surface area contributed by atoms with E-state index in [1.54, 1.807) is 6.07 Å². The van der Waals surface area contributed by atoms with E-state index in [-0.39, 0.29) is 0 Å². The minimum absolute atomic E-state index is 0.298. The summed E-state index contributed by atoms with van der Waals surface area (Å²) >= 11 is 0. The predicted molar refractivity (Wildman–Crippen MR) is 82.6 cm³/mol. The summed E-state index contributed by atoms with van der Waals surface area (Å²) in [4.78, 5) is 15.9. The lowest BCUT2D eigenvalue weighted by Gasteiger charge is -2.28. The van der Waals surface area contributed by atoms with Crippen molar-refractivity contribution < 1.29 is 9.90 Å². The molecule has 1 saturated carbocycles. The Labute approximate surface area is 124 Å². The zero-order valence-corrected chi connectivity index (χ0v) is 12.7. The number of aryl methyl sites for hydroxylation is 1. The summed E-state index contributed by atoms with van der Waals surface area (Å²) in [7, 11) is 0. The lowest BCUT2D eigenvalue weighted by atomic mass is 9.83. The number of carboxylic acids is 1. The number of nitrogens with zero attached hydrogens (tertiary/aromatic N) is 2. The number of aromatic carboxylic acids is 1. The molecule has 4 heteroatoms. The predicted octanol–water partition coefficient (Wildman–Crippen LogP) is 4.01. The monoisotopic (exact) mass is 286 g/mol. The standard InChI is InChI=1S/C17H22N2O2/c1-3-17(9-4-5-10-17)11-19-12(2)18-15-13(16(20)21)7-6-8-14(15)19/h6-8H,3-5,9-11H2,1-2H3,(H,20,21). The summed E-state index contributed by atoms with van der Waals surface area (Å²) in [5.74, 6) is 0.00902. The Bertz CT molecular complexity index is 681. The highest BCUT2D eigenvalue weighted by molar-refractivity contribution is 6.01. The Balaban J connectivity index is 2.09. The first-order valence-electron chi connectivity index (χ1n) is 7.75. The molecule has 1 aliphatic carbocycles. The van der Waals surface area contributed by atoms with Crippen molar-refractivity contribution in [1.29, 1.82) is 0 Å². The molecule has 3 rings (SSSR count). The fraction of sp³-hybridized carbons (Fsp3) is 0.529. The zero-order chi connectivity index (χ0) is 15.0. The molecule has 1 aliphatic rings. The molecule has 2 aromatic rings. The molecule has 0 atom stereocenters. The van der Waals surface area contributed by atoms with E-state index in [1.807, 2.05) is 19.1 Å². The number of para-hydroxylation sites is 1. The van der Waals surface area contributed by atoms with Crippen molar-refractivity contribution in [2.24, 2.45) is 5.41 Å². The minimum atomic E-state index is -0.906. The van der Waals surface area contributed by atoms with E-state index < -0.39 is 5.97 Å². The van der Waals surface area contributed by atoms with Crippen LogP contribution in [0.4, 0.5) is 0 Å². The van der Waals surface area contributed by atoms with Crippen molar-refractivity contribution in [2.45, 2.75) is 52.5 Å². The highest BCUT2D eigenvalue weighted by Crippen LogP contribution is 2.43. The first-order chi connectivity index (χ1) is 10.1. The van der Waals surface area contributed by atoms with Gasteiger partial charge in [0, 0.05) is 6.54 Å². The summed E-state index contributed by atoms with van der Waals surface area (Å²) in [6.45, 7) is 5.20. The molecule has 1 aromatic carbocycles. The molecule has 0 radical (unpaired) electrons. The Hall–Kier alpha value is -1.84. The molecule has 1 aromatic heterocycles. The first kappa shape index (κ1) is 14.1. The third-order valence-electron chi connectivity index (χ3n) is 5.11. The zero-order valence-electron chi connectivity index (χ0n) is 12.7. The van der Waals surface area contributed by atoms with Crippen LogP contribution < -0.4 is 0 Å². The van der Waals surface area contributed by atoms with E-state index >= 15 is 0 Å². The van der Waals surface area contributed by atoms with E-state index in [2.05, 4.69) is 16.5 Å². The summed E-state index contributed by atoms with van der Waals surface area (Å²) in [5.41, 5.74) is 2.22. The highest BCUT2D eigenvalue weighted by atomic mass is 16.4. The Morgan fingerprint density at radius 3 is 2.71 bits per heavy atom. The van der Waals surface area contributed by atoms with Crippen molar-refractivity contribution in [3.05, 3.63) is 29.6 Å². The van der Waals surface area contributed by atoms with Crippen molar-refractivity contribution in [3.63, 3.8) is 0 Å². The van der Waals surface area contributed by atoms with Crippen molar-refractivity contribution in [1.82, 2.24) is 9.55 Å². The second-order valence-electron chi connectivity index (χ2n) is 6.28. The molecule has 112 valence electrons. The van der Waals surface area contributed by atoms with Gasteiger partial charge in [-0.25, -0.2) is 9.78 Å². The normalized spacial score (nSPS) is 17.4. The van der Waals surface area contributed by atoms with Gasteiger partial charge in [0.15, 0.2) is 0 Å². The fourth-order valence-electron chi connectivity index (χ4n) is 3.72. The number of fused-ring (bicyclic) bond motifs is 1. The Morgan fingerprint density at radius 1 is 1.38 bits per heavy atom. The maximum atomic E-state index is 11.3. The summed E-state index contributed by atoms with van der Waals surface area (Å²) in [5, 5.41) is 9.31. The first-order valence-corrected chi connectivity index (χ1v) is 7.75. The molecule has 1 fully saturated rings. The van der Waals surface area contributed by atoms with Gasteiger partial charge in [0.05, 0.1) is 11.1 Å². The fourth-order valence-corrected chi connectivity index (χ4v) is 3.72. The number of carbonyl (C=O) groups is 1. The second-order valence-corrected chi connectivity index (χ2v) is 6.28. The number of benzene rings is 1. The number of aromatic nitrogens is 2. The molecule has 0 bridgehead atoms. The van der Waals surface area contributed by atoms with Crippen LogP contribution in [0.25, 0.3) is 11.0 Å². The molecule has 0 spiro atoms. The molecular formula is C17H22N2O2. The molecule has 21 heavy (non-hydrogen) atoms. The third kappa shape index (κ3) is 2.33. The van der Waals surface area contributed by atoms with Crippen molar-refractivity contribution >= 4 is 17.0 Å². The molecule has 0 amide bonds. The summed E-state index contributed by atoms with van der Waals surface area (Å²) in [6, 6.07) is 5.43. The van der Waals surface area contributed by atoms with Crippen LogP contribution in [0.2, 0.25) is 0 Å². The van der Waals surface area contributed by atoms with Gasteiger partial charge in [0.1, 0.15) is 11.3 Å². The van der Waals surface area contributed by atoms with Gasteiger partial charge in [-0.2, -0.15) is 0 Å². The topological polar surface area (TPSA) is 55.1 Å². The van der Waals surface area contributed by atoms with Crippen LogP contribution in [0.1, 0.15) is 55.2 Å².